The molecule has 0 aliphatic carbocycles. The van der Waals surface area contributed by atoms with E-state index in [-0.39, 0.29) is 5.91 Å². The number of benzene rings is 3. The van der Waals surface area contributed by atoms with Crippen LogP contribution in [-0.2, 0) is 6.61 Å². The third-order valence-electron chi connectivity index (χ3n) is 5.49. The normalized spacial score (nSPS) is 13.3. The summed E-state index contributed by atoms with van der Waals surface area (Å²) in [7, 11) is 0. The zero-order valence-corrected chi connectivity index (χ0v) is 18.9. The van der Waals surface area contributed by atoms with E-state index in [9.17, 15) is 4.79 Å². The van der Waals surface area contributed by atoms with Crippen molar-refractivity contribution in [3.05, 3.63) is 89.5 Å². The summed E-state index contributed by atoms with van der Waals surface area (Å²) in [5.74, 6) is 1.06. The van der Waals surface area contributed by atoms with Crippen LogP contribution in [0, 0.1) is 0 Å². The van der Waals surface area contributed by atoms with Crippen molar-refractivity contribution in [3.8, 4) is 11.5 Å². The number of anilines is 1. The molecule has 0 saturated carbocycles. The zero-order valence-electron chi connectivity index (χ0n) is 18.9. The summed E-state index contributed by atoms with van der Waals surface area (Å²) in [6.45, 7) is 5.07. The van der Waals surface area contributed by atoms with Crippen LogP contribution in [0.5, 0.6) is 11.5 Å². The molecule has 0 radical (unpaired) electrons. The van der Waals surface area contributed by atoms with Gasteiger partial charge >= 0.3 is 0 Å². The molecule has 3 aromatic rings. The Labute approximate surface area is 194 Å². The maximum Gasteiger partial charge on any atom is 0.271 e. The van der Waals surface area contributed by atoms with Crippen LogP contribution in [0.3, 0.4) is 0 Å². The molecule has 0 bridgehead atoms. The first-order chi connectivity index (χ1) is 16.2. The van der Waals surface area contributed by atoms with Gasteiger partial charge < -0.3 is 14.4 Å². The van der Waals surface area contributed by atoms with Crippen LogP contribution in [0.25, 0.3) is 0 Å². The Kier molecular flexibility index (Phi) is 7.59. The van der Waals surface area contributed by atoms with E-state index in [0.29, 0.717) is 30.3 Å². The van der Waals surface area contributed by atoms with Crippen molar-refractivity contribution >= 4 is 17.8 Å². The molecule has 0 aromatic heterocycles. The lowest BCUT2D eigenvalue weighted by Crippen LogP contribution is -2.19. The first-order valence-electron chi connectivity index (χ1n) is 11.3. The minimum atomic E-state index is -0.243. The number of nitrogens with zero attached hydrogens (tertiary/aromatic N) is 2. The topological polar surface area (TPSA) is 63.2 Å². The van der Waals surface area contributed by atoms with Gasteiger partial charge in [0.05, 0.1) is 12.8 Å². The summed E-state index contributed by atoms with van der Waals surface area (Å²) in [4.78, 5) is 14.8. The molecule has 1 aliphatic heterocycles. The molecule has 170 valence electrons. The van der Waals surface area contributed by atoms with Crippen LogP contribution in [0.2, 0.25) is 0 Å². The Morgan fingerprint density at radius 3 is 2.45 bits per heavy atom. The summed E-state index contributed by atoms with van der Waals surface area (Å²) in [5, 5.41) is 4.11. The van der Waals surface area contributed by atoms with Gasteiger partial charge in [0, 0.05) is 24.3 Å². The van der Waals surface area contributed by atoms with E-state index >= 15 is 0 Å². The van der Waals surface area contributed by atoms with Crippen molar-refractivity contribution < 1.29 is 14.3 Å². The van der Waals surface area contributed by atoms with E-state index in [1.807, 2.05) is 79.7 Å². The van der Waals surface area contributed by atoms with Crippen LogP contribution in [-0.4, -0.2) is 31.8 Å². The molecule has 3 aromatic carbocycles. The molecule has 6 nitrogen and oxygen atoms in total. The minimum absolute atomic E-state index is 0.243. The monoisotopic (exact) mass is 443 g/mol. The third kappa shape index (κ3) is 6.13. The Morgan fingerprint density at radius 1 is 0.970 bits per heavy atom. The van der Waals surface area contributed by atoms with E-state index in [0.717, 1.165) is 29.9 Å². The number of nitrogens with one attached hydrogen (secondary N) is 1. The molecule has 1 fully saturated rings. The first kappa shape index (κ1) is 22.4. The van der Waals surface area contributed by atoms with Gasteiger partial charge in [0.25, 0.3) is 5.91 Å². The molecule has 0 unspecified atom stereocenters. The quantitative estimate of drug-likeness (QED) is 0.372. The van der Waals surface area contributed by atoms with Gasteiger partial charge in [0.1, 0.15) is 6.61 Å². The number of amides is 1. The smallest absolute Gasteiger partial charge is 0.271 e. The molecule has 1 N–H and O–H groups in total. The van der Waals surface area contributed by atoms with Gasteiger partial charge in [-0.2, -0.15) is 5.10 Å². The summed E-state index contributed by atoms with van der Waals surface area (Å²) < 4.78 is 11.7. The van der Waals surface area contributed by atoms with Crippen LogP contribution in [0.1, 0.15) is 41.3 Å². The first-order valence-corrected chi connectivity index (χ1v) is 11.3. The Hall–Kier alpha value is -3.80. The summed E-state index contributed by atoms with van der Waals surface area (Å²) in [6, 6.07) is 23.2. The predicted octanol–water partition coefficient (Wildman–Crippen LogP) is 5.03. The molecule has 1 saturated heterocycles. The minimum Gasteiger partial charge on any atom is -0.490 e. The molecule has 6 heteroatoms. The van der Waals surface area contributed by atoms with E-state index in [1.54, 1.807) is 6.21 Å². The molecule has 0 spiro atoms. The molecule has 33 heavy (non-hydrogen) atoms. The maximum absolute atomic E-state index is 12.4. The predicted molar refractivity (Wildman–Crippen MR) is 131 cm³/mol. The average molecular weight is 444 g/mol. The fraction of sp³-hybridized carbons (Fsp3) is 0.259. The maximum atomic E-state index is 12.4. The van der Waals surface area contributed by atoms with Crippen molar-refractivity contribution in [1.29, 1.82) is 0 Å². The number of hydrogen-bond donors (Lipinski definition) is 1. The van der Waals surface area contributed by atoms with Gasteiger partial charge in [-0.05, 0) is 73.4 Å². The zero-order chi connectivity index (χ0) is 22.9. The fourth-order valence-electron chi connectivity index (χ4n) is 3.76. The number of carbonyl (C=O) groups excluding carboxylic acids is 1. The van der Waals surface area contributed by atoms with E-state index in [4.69, 9.17) is 9.47 Å². The van der Waals surface area contributed by atoms with Gasteiger partial charge in [0.2, 0.25) is 0 Å². The van der Waals surface area contributed by atoms with Crippen LogP contribution < -0.4 is 19.8 Å². The van der Waals surface area contributed by atoms with Gasteiger partial charge in [-0.25, -0.2) is 5.43 Å². The highest BCUT2D eigenvalue weighted by atomic mass is 16.5. The van der Waals surface area contributed by atoms with Crippen molar-refractivity contribution in [2.24, 2.45) is 5.10 Å². The lowest BCUT2D eigenvalue weighted by Gasteiger charge is -2.17. The van der Waals surface area contributed by atoms with Gasteiger partial charge in [-0.3, -0.25) is 4.79 Å². The second-order valence-corrected chi connectivity index (χ2v) is 7.85. The number of hydrogen-bond acceptors (Lipinski definition) is 5. The Morgan fingerprint density at radius 2 is 1.73 bits per heavy atom. The highest BCUT2D eigenvalue weighted by Gasteiger charge is 2.13. The lowest BCUT2D eigenvalue weighted by atomic mass is 10.2. The number of hydrazone groups is 1. The number of rotatable bonds is 9. The molecule has 4 rings (SSSR count). The second kappa shape index (κ2) is 11.2. The molecule has 1 amide bonds. The molecule has 1 aliphatic rings. The van der Waals surface area contributed by atoms with Crippen LogP contribution in [0.15, 0.2) is 77.9 Å². The Balaban J connectivity index is 1.35. The van der Waals surface area contributed by atoms with Crippen molar-refractivity contribution in [2.75, 3.05) is 24.6 Å². The SMILES string of the molecule is CCOc1cc(/C=N\NC(=O)c2ccc(N3CCCC3)cc2)ccc1OCc1ccccc1. The molecular formula is C27H29N3O3. The molecule has 0 atom stereocenters. The molecular weight excluding hydrogens is 414 g/mol. The van der Waals surface area contributed by atoms with E-state index in [1.165, 1.54) is 12.8 Å². The summed E-state index contributed by atoms with van der Waals surface area (Å²) in [6.07, 6.45) is 4.05. The number of ether oxygens (including phenoxy) is 2. The highest BCUT2D eigenvalue weighted by molar-refractivity contribution is 5.95. The summed E-state index contributed by atoms with van der Waals surface area (Å²) in [5.41, 5.74) is 6.22. The fourth-order valence-corrected chi connectivity index (χ4v) is 3.76. The van der Waals surface area contributed by atoms with E-state index in [2.05, 4.69) is 15.4 Å². The largest absolute Gasteiger partial charge is 0.490 e. The molecule has 1 heterocycles. The van der Waals surface area contributed by atoms with Crippen molar-refractivity contribution in [1.82, 2.24) is 5.43 Å². The van der Waals surface area contributed by atoms with Crippen molar-refractivity contribution in [2.45, 2.75) is 26.4 Å². The van der Waals surface area contributed by atoms with Crippen LogP contribution >= 0.6 is 0 Å². The third-order valence-corrected chi connectivity index (χ3v) is 5.49. The average Bonchev–Trinajstić information content (AvgIpc) is 3.39. The standard InChI is InChI=1S/C27H29N3O3/c1-2-32-26-18-22(10-15-25(26)33-20-21-8-4-3-5-9-21)19-28-29-27(31)23-11-13-24(14-12-23)30-16-6-7-17-30/h3-5,8-15,18-19H,2,6-7,16-17,20H2,1H3,(H,29,31)/b28-19-. The lowest BCUT2D eigenvalue weighted by molar-refractivity contribution is 0.0955. The second-order valence-electron chi connectivity index (χ2n) is 7.85. The van der Waals surface area contributed by atoms with E-state index < -0.39 is 0 Å². The van der Waals surface area contributed by atoms with Crippen LogP contribution in [0.4, 0.5) is 5.69 Å². The van der Waals surface area contributed by atoms with Gasteiger partial charge in [-0.1, -0.05) is 30.3 Å². The highest BCUT2D eigenvalue weighted by Crippen LogP contribution is 2.29. The van der Waals surface area contributed by atoms with Gasteiger partial charge in [-0.15, -0.1) is 0 Å². The summed E-state index contributed by atoms with van der Waals surface area (Å²) >= 11 is 0. The van der Waals surface area contributed by atoms with Gasteiger partial charge in [0.15, 0.2) is 11.5 Å². The van der Waals surface area contributed by atoms with Crippen molar-refractivity contribution in [3.63, 3.8) is 0 Å². The Bertz CT molecular complexity index is 1080. The number of carbonyl (C=O) groups is 1.